The second-order valence-corrected chi connectivity index (χ2v) is 5.35. The van der Waals surface area contributed by atoms with E-state index in [1.165, 1.54) is 6.08 Å². The molecule has 2 aromatic carbocycles. The summed E-state index contributed by atoms with van der Waals surface area (Å²) in [6.45, 7) is 1.81. The van der Waals surface area contributed by atoms with Crippen LogP contribution in [0.3, 0.4) is 0 Å². The Kier molecular flexibility index (Phi) is 6.04. The number of hydrogen-bond acceptors (Lipinski definition) is 3. The Balaban J connectivity index is 2.02. The molecule has 0 saturated carbocycles. The van der Waals surface area contributed by atoms with Crippen molar-refractivity contribution in [2.75, 3.05) is 0 Å². The zero-order valence-electron chi connectivity index (χ0n) is 13.3. The maximum Gasteiger partial charge on any atom is 0.245 e. The number of allylic oxidation sites excluding steroid dienone is 1. The van der Waals surface area contributed by atoms with Gasteiger partial charge in [0.05, 0.1) is 12.1 Å². The Bertz CT molecular complexity index is 761. The monoisotopic (exact) mass is 318 g/mol. The molecule has 4 nitrogen and oxygen atoms in total. The van der Waals surface area contributed by atoms with E-state index in [4.69, 9.17) is 0 Å². The summed E-state index contributed by atoms with van der Waals surface area (Å²) >= 11 is 0. The number of rotatable bonds is 6. The first-order valence-corrected chi connectivity index (χ1v) is 7.63. The average molecular weight is 318 g/mol. The summed E-state index contributed by atoms with van der Waals surface area (Å²) in [5, 5.41) is 11.9. The van der Waals surface area contributed by atoms with Crippen LogP contribution in [0.1, 0.15) is 24.1 Å². The van der Waals surface area contributed by atoms with Crippen molar-refractivity contribution >= 4 is 17.8 Å². The number of ketones is 1. The van der Waals surface area contributed by atoms with Crippen LogP contribution in [-0.4, -0.2) is 11.7 Å². The molecule has 0 heterocycles. The summed E-state index contributed by atoms with van der Waals surface area (Å²) in [6, 6.07) is 20.1. The van der Waals surface area contributed by atoms with Crippen LogP contribution < -0.4 is 5.32 Å². The van der Waals surface area contributed by atoms with Crippen molar-refractivity contribution in [1.82, 2.24) is 5.32 Å². The zero-order valence-corrected chi connectivity index (χ0v) is 13.3. The molecule has 0 spiro atoms. The fourth-order valence-electron chi connectivity index (χ4n) is 2.21. The standard InChI is InChI=1S/C20H18N2O2/c1-15(17-10-6-3-7-11-17)22-20(24)18(14-21)19(23)13-12-16-8-4-2-5-9-16/h2-13,15,18H,1H3,(H,22,24). The van der Waals surface area contributed by atoms with E-state index < -0.39 is 17.6 Å². The molecule has 1 amide bonds. The molecule has 0 fully saturated rings. The zero-order chi connectivity index (χ0) is 17.4. The van der Waals surface area contributed by atoms with Crippen LogP contribution in [0.5, 0.6) is 0 Å². The molecular formula is C20H18N2O2. The number of nitrogens with zero attached hydrogens (tertiary/aromatic N) is 1. The van der Waals surface area contributed by atoms with Gasteiger partial charge in [-0.05, 0) is 24.1 Å². The molecule has 2 rings (SSSR count). The van der Waals surface area contributed by atoms with Crippen LogP contribution in [0, 0.1) is 17.2 Å². The highest BCUT2D eigenvalue weighted by atomic mass is 16.2. The molecule has 0 aliphatic heterocycles. The number of nitriles is 1. The SMILES string of the molecule is CC(NC(=O)C(C#N)C(=O)C=Cc1ccccc1)c1ccccc1. The molecule has 2 aromatic rings. The first-order valence-electron chi connectivity index (χ1n) is 7.63. The van der Waals surface area contributed by atoms with E-state index >= 15 is 0 Å². The van der Waals surface area contributed by atoms with E-state index in [9.17, 15) is 14.9 Å². The molecule has 120 valence electrons. The lowest BCUT2D eigenvalue weighted by Gasteiger charge is -2.15. The minimum Gasteiger partial charge on any atom is -0.348 e. The van der Waals surface area contributed by atoms with Crippen LogP contribution >= 0.6 is 0 Å². The van der Waals surface area contributed by atoms with Crippen LogP contribution in [0.15, 0.2) is 66.7 Å². The van der Waals surface area contributed by atoms with Gasteiger partial charge in [0.1, 0.15) is 0 Å². The fourth-order valence-corrected chi connectivity index (χ4v) is 2.21. The van der Waals surface area contributed by atoms with Crippen LogP contribution in [0.25, 0.3) is 6.08 Å². The largest absolute Gasteiger partial charge is 0.348 e. The number of carbonyl (C=O) groups excluding carboxylic acids is 2. The van der Waals surface area contributed by atoms with Crippen LogP contribution in [0.4, 0.5) is 0 Å². The van der Waals surface area contributed by atoms with Crippen molar-refractivity contribution in [2.45, 2.75) is 13.0 Å². The molecule has 0 aliphatic carbocycles. The van der Waals surface area contributed by atoms with Crippen molar-refractivity contribution in [3.05, 3.63) is 77.9 Å². The van der Waals surface area contributed by atoms with E-state index in [0.29, 0.717) is 0 Å². The quantitative estimate of drug-likeness (QED) is 0.656. The molecular weight excluding hydrogens is 300 g/mol. The Morgan fingerprint density at radius 3 is 2.21 bits per heavy atom. The lowest BCUT2D eigenvalue weighted by atomic mass is 10.0. The van der Waals surface area contributed by atoms with E-state index in [1.807, 2.05) is 67.6 Å². The first kappa shape index (κ1) is 17.2. The molecule has 1 N–H and O–H groups in total. The van der Waals surface area contributed by atoms with Gasteiger partial charge in [0.25, 0.3) is 0 Å². The summed E-state index contributed by atoms with van der Waals surface area (Å²) < 4.78 is 0. The van der Waals surface area contributed by atoms with Gasteiger partial charge in [0.2, 0.25) is 5.91 Å². The summed E-state index contributed by atoms with van der Waals surface area (Å²) in [4.78, 5) is 24.4. The van der Waals surface area contributed by atoms with Crippen molar-refractivity contribution in [1.29, 1.82) is 5.26 Å². The van der Waals surface area contributed by atoms with Crippen LogP contribution in [-0.2, 0) is 9.59 Å². The van der Waals surface area contributed by atoms with Gasteiger partial charge in [-0.2, -0.15) is 5.26 Å². The molecule has 2 unspecified atom stereocenters. The highest BCUT2D eigenvalue weighted by Crippen LogP contribution is 2.13. The van der Waals surface area contributed by atoms with E-state index in [0.717, 1.165) is 11.1 Å². The lowest BCUT2D eigenvalue weighted by Crippen LogP contribution is -2.35. The summed E-state index contributed by atoms with van der Waals surface area (Å²) in [7, 11) is 0. The number of carbonyl (C=O) groups is 2. The van der Waals surface area contributed by atoms with Crippen molar-refractivity contribution < 1.29 is 9.59 Å². The van der Waals surface area contributed by atoms with E-state index in [2.05, 4.69) is 5.32 Å². The molecule has 2 atom stereocenters. The third-order valence-corrected chi connectivity index (χ3v) is 3.57. The molecule has 0 aromatic heterocycles. The first-order chi connectivity index (χ1) is 11.6. The van der Waals surface area contributed by atoms with E-state index in [-0.39, 0.29) is 6.04 Å². The second-order valence-electron chi connectivity index (χ2n) is 5.35. The second kappa shape index (κ2) is 8.44. The fraction of sp³-hybridized carbons (Fsp3) is 0.150. The molecule has 0 radical (unpaired) electrons. The maximum absolute atomic E-state index is 12.2. The average Bonchev–Trinajstić information content (AvgIpc) is 2.62. The van der Waals surface area contributed by atoms with Gasteiger partial charge in [-0.3, -0.25) is 9.59 Å². The molecule has 24 heavy (non-hydrogen) atoms. The predicted molar refractivity (Wildman–Crippen MR) is 92.6 cm³/mol. The van der Waals surface area contributed by atoms with Crippen molar-refractivity contribution in [3.63, 3.8) is 0 Å². The molecule has 0 bridgehead atoms. The minimum atomic E-state index is -1.35. The van der Waals surface area contributed by atoms with Gasteiger partial charge in [-0.15, -0.1) is 0 Å². The Hall–Kier alpha value is -3.19. The highest BCUT2D eigenvalue weighted by molar-refractivity contribution is 6.10. The van der Waals surface area contributed by atoms with Gasteiger partial charge in [0, 0.05) is 0 Å². The topological polar surface area (TPSA) is 70.0 Å². The predicted octanol–water partition coefficient (Wildman–Crippen LogP) is 3.29. The highest BCUT2D eigenvalue weighted by Gasteiger charge is 2.25. The Labute approximate surface area is 141 Å². The number of hydrogen-bond donors (Lipinski definition) is 1. The number of nitrogens with one attached hydrogen (secondary N) is 1. The van der Waals surface area contributed by atoms with Crippen LogP contribution in [0.2, 0.25) is 0 Å². The van der Waals surface area contributed by atoms with Gasteiger partial charge >= 0.3 is 0 Å². The lowest BCUT2D eigenvalue weighted by molar-refractivity contribution is -0.129. The summed E-state index contributed by atoms with van der Waals surface area (Å²) in [5.74, 6) is -2.47. The van der Waals surface area contributed by atoms with Crippen molar-refractivity contribution in [2.24, 2.45) is 5.92 Å². The normalized spacial score (nSPS) is 13.0. The van der Waals surface area contributed by atoms with Gasteiger partial charge in [-0.1, -0.05) is 66.7 Å². The third-order valence-electron chi connectivity index (χ3n) is 3.57. The Morgan fingerprint density at radius 2 is 1.62 bits per heavy atom. The van der Waals surface area contributed by atoms with Gasteiger partial charge in [0.15, 0.2) is 11.7 Å². The third kappa shape index (κ3) is 4.65. The molecule has 0 aliphatic rings. The maximum atomic E-state index is 12.2. The number of benzene rings is 2. The Morgan fingerprint density at radius 1 is 1.04 bits per heavy atom. The number of amides is 1. The van der Waals surface area contributed by atoms with Crippen molar-refractivity contribution in [3.8, 4) is 6.07 Å². The van der Waals surface area contributed by atoms with Gasteiger partial charge < -0.3 is 5.32 Å². The smallest absolute Gasteiger partial charge is 0.245 e. The van der Waals surface area contributed by atoms with Gasteiger partial charge in [-0.25, -0.2) is 0 Å². The molecule has 4 heteroatoms. The summed E-state index contributed by atoms with van der Waals surface area (Å²) in [5.41, 5.74) is 1.75. The molecule has 0 saturated heterocycles. The van der Waals surface area contributed by atoms with E-state index in [1.54, 1.807) is 12.1 Å². The summed E-state index contributed by atoms with van der Waals surface area (Å²) in [6.07, 6.45) is 2.87. The minimum absolute atomic E-state index is 0.277.